The Morgan fingerprint density at radius 2 is 2.26 bits per heavy atom. The van der Waals surface area contributed by atoms with E-state index in [1.54, 1.807) is 7.11 Å². The Morgan fingerprint density at radius 3 is 3.00 bits per heavy atom. The maximum atomic E-state index is 5.50. The van der Waals surface area contributed by atoms with Crippen LogP contribution in [0.25, 0.3) is 11.0 Å². The molecular formula is C14H19N3OS. The predicted octanol–water partition coefficient (Wildman–Crippen LogP) is 2.97. The zero-order chi connectivity index (χ0) is 13.4. The number of fused-ring (bicyclic) bond motifs is 1. The van der Waals surface area contributed by atoms with Crippen LogP contribution in [0.15, 0.2) is 18.2 Å². The van der Waals surface area contributed by atoms with Crippen LogP contribution in [0.4, 0.5) is 0 Å². The van der Waals surface area contributed by atoms with Crippen molar-refractivity contribution in [1.29, 1.82) is 0 Å². The van der Waals surface area contributed by atoms with E-state index in [1.807, 2.05) is 12.1 Å². The smallest absolute Gasteiger partial charge is 0.178 e. The summed E-state index contributed by atoms with van der Waals surface area (Å²) in [5.74, 6) is 0.858. The number of rotatable bonds is 2. The van der Waals surface area contributed by atoms with Gasteiger partial charge in [-0.3, -0.25) is 0 Å². The predicted molar refractivity (Wildman–Crippen MR) is 79.4 cm³/mol. The Kier molecular flexibility index (Phi) is 3.33. The summed E-state index contributed by atoms with van der Waals surface area (Å²) in [6.45, 7) is 2.24. The maximum absolute atomic E-state index is 5.50. The number of nitrogens with one attached hydrogen (secondary N) is 1. The number of likely N-dealkylation sites (tertiary alicyclic amines) is 1. The quantitative estimate of drug-likeness (QED) is 0.857. The molecule has 19 heavy (non-hydrogen) atoms. The highest BCUT2D eigenvalue weighted by molar-refractivity contribution is 7.71. The molecule has 1 N–H and O–H groups in total. The van der Waals surface area contributed by atoms with Gasteiger partial charge < -0.3 is 19.2 Å². The normalized spacial score (nSPS) is 20.8. The number of imidazole rings is 1. The maximum Gasteiger partial charge on any atom is 0.178 e. The van der Waals surface area contributed by atoms with E-state index < -0.39 is 0 Å². The third-order valence-corrected chi connectivity index (χ3v) is 4.19. The zero-order valence-corrected chi connectivity index (χ0v) is 12.2. The second kappa shape index (κ2) is 4.98. The number of benzene rings is 1. The third kappa shape index (κ3) is 2.28. The van der Waals surface area contributed by atoms with Gasteiger partial charge in [-0.2, -0.15) is 0 Å². The zero-order valence-electron chi connectivity index (χ0n) is 11.3. The summed E-state index contributed by atoms with van der Waals surface area (Å²) in [5.41, 5.74) is 2.23. The highest BCUT2D eigenvalue weighted by Gasteiger charge is 2.21. The van der Waals surface area contributed by atoms with Gasteiger partial charge in [-0.15, -0.1) is 0 Å². The molecule has 0 saturated carbocycles. The number of hydrogen-bond donors (Lipinski definition) is 1. The molecule has 1 aromatic heterocycles. The highest BCUT2D eigenvalue weighted by atomic mass is 32.1. The molecule has 1 unspecified atom stereocenters. The lowest BCUT2D eigenvalue weighted by molar-refractivity contribution is 0.214. The van der Waals surface area contributed by atoms with Crippen molar-refractivity contribution in [2.45, 2.75) is 18.9 Å². The summed E-state index contributed by atoms with van der Waals surface area (Å²) in [7, 11) is 3.86. The van der Waals surface area contributed by atoms with Gasteiger partial charge in [-0.1, -0.05) is 0 Å². The molecule has 2 heterocycles. The molecule has 0 aliphatic carbocycles. The Bertz CT molecular complexity index is 646. The summed E-state index contributed by atoms with van der Waals surface area (Å²) in [6.07, 6.45) is 2.42. The molecule has 1 atom stereocenters. The molecule has 1 fully saturated rings. The molecule has 1 aliphatic rings. The van der Waals surface area contributed by atoms with Gasteiger partial charge >= 0.3 is 0 Å². The second-order valence-corrected chi connectivity index (χ2v) is 5.63. The van der Waals surface area contributed by atoms with Gasteiger partial charge in [0, 0.05) is 18.7 Å². The minimum absolute atomic E-state index is 0.466. The molecule has 0 amide bonds. The van der Waals surface area contributed by atoms with Crippen molar-refractivity contribution in [3.05, 3.63) is 23.0 Å². The fraction of sp³-hybridized carbons (Fsp3) is 0.500. The summed E-state index contributed by atoms with van der Waals surface area (Å²) in [6, 6.07) is 6.56. The topological polar surface area (TPSA) is 33.2 Å². The van der Waals surface area contributed by atoms with E-state index in [0.29, 0.717) is 6.04 Å². The van der Waals surface area contributed by atoms with Crippen molar-refractivity contribution in [1.82, 2.24) is 14.5 Å². The Hall–Kier alpha value is -1.33. The summed E-state index contributed by atoms with van der Waals surface area (Å²) >= 11 is 5.50. The van der Waals surface area contributed by atoms with Crippen LogP contribution in [0.1, 0.15) is 18.9 Å². The average molecular weight is 277 g/mol. The van der Waals surface area contributed by atoms with E-state index in [-0.39, 0.29) is 0 Å². The monoisotopic (exact) mass is 277 g/mol. The molecule has 4 nitrogen and oxygen atoms in total. The van der Waals surface area contributed by atoms with Crippen LogP contribution in [0.2, 0.25) is 0 Å². The van der Waals surface area contributed by atoms with Crippen LogP contribution in [-0.4, -0.2) is 41.7 Å². The van der Waals surface area contributed by atoms with Crippen LogP contribution in [0.3, 0.4) is 0 Å². The van der Waals surface area contributed by atoms with E-state index in [2.05, 4.69) is 27.6 Å². The molecule has 1 aliphatic heterocycles. The van der Waals surface area contributed by atoms with Crippen molar-refractivity contribution in [3.8, 4) is 5.75 Å². The summed E-state index contributed by atoms with van der Waals surface area (Å²) in [5, 5.41) is 0. The van der Waals surface area contributed by atoms with Crippen molar-refractivity contribution in [2.24, 2.45) is 0 Å². The Labute approximate surface area is 118 Å². The van der Waals surface area contributed by atoms with E-state index >= 15 is 0 Å². The number of nitrogens with zero attached hydrogens (tertiary/aromatic N) is 2. The first-order valence-corrected chi connectivity index (χ1v) is 7.06. The number of piperidine rings is 1. The molecule has 0 spiro atoms. The number of hydrogen-bond acceptors (Lipinski definition) is 3. The van der Waals surface area contributed by atoms with Gasteiger partial charge in [0.25, 0.3) is 0 Å². The molecule has 0 radical (unpaired) electrons. The van der Waals surface area contributed by atoms with E-state index in [0.717, 1.165) is 22.6 Å². The van der Waals surface area contributed by atoms with Crippen LogP contribution in [0.5, 0.6) is 5.75 Å². The Balaban J connectivity index is 2.07. The lowest BCUT2D eigenvalue weighted by Gasteiger charge is -2.30. The number of aromatic nitrogens is 2. The summed E-state index contributed by atoms with van der Waals surface area (Å²) in [4.78, 5) is 5.67. The molecule has 1 saturated heterocycles. The van der Waals surface area contributed by atoms with Crippen LogP contribution in [0, 0.1) is 4.77 Å². The molecule has 2 aromatic rings. The first-order valence-electron chi connectivity index (χ1n) is 6.66. The number of aromatic amines is 1. The molecule has 3 rings (SSSR count). The lowest BCUT2D eigenvalue weighted by atomic mass is 10.1. The van der Waals surface area contributed by atoms with Gasteiger partial charge in [0.15, 0.2) is 4.77 Å². The molecular weight excluding hydrogens is 258 g/mol. The van der Waals surface area contributed by atoms with Gasteiger partial charge in [0.2, 0.25) is 0 Å². The Morgan fingerprint density at radius 1 is 1.42 bits per heavy atom. The van der Waals surface area contributed by atoms with Crippen molar-refractivity contribution in [2.75, 3.05) is 27.2 Å². The first kappa shape index (κ1) is 12.7. The fourth-order valence-electron chi connectivity index (χ4n) is 2.95. The second-order valence-electron chi connectivity index (χ2n) is 5.24. The van der Waals surface area contributed by atoms with Crippen LogP contribution in [-0.2, 0) is 0 Å². The highest BCUT2D eigenvalue weighted by Crippen LogP contribution is 2.27. The van der Waals surface area contributed by atoms with Crippen LogP contribution < -0.4 is 4.74 Å². The molecule has 0 bridgehead atoms. The molecule has 5 heteroatoms. The minimum atomic E-state index is 0.466. The number of H-pyrrole nitrogens is 1. The van der Waals surface area contributed by atoms with Crippen molar-refractivity contribution >= 4 is 23.3 Å². The van der Waals surface area contributed by atoms with Gasteiger partial charge in [0.1, 0.15) is 5.75 Å². The third-order valence-electron chi connectivity index (χ3n) is 3.89. The van der Waals surface area contributed by atoms with Crippen LogP contribution >= 0.6 is 12.2 Å². The SMILES string of the molecule is COc1ccc2c(c1)[nH]c(=S)n2C1CCCN(C)C1. The van der Waals surface area contributed by atoms with E-state index in [1.165, 1.54) is 24.9 Å². The molecule has 1 aromatic carbocycles. The first-order chi connectivity index (χ1) is 9.19. The van der Waals surface area contributed by atoms with Crippen molar-refractivity contribution in [3.63, 3.8) is 0 Å². The standard InChI is InChI=1S/C14H19N3OS/c1-16-7-3-4-10(9-16)17-13-6-5-11(18-2)8-12(13)15-14(17)19/h5-6,8,10H,3-4,7,9H2,1-2H3,(H,15,19). The average Bonchev–Trinajstić information content (AvgIpc) is 2.73. The summed E-state index contributed by atoms with van der Waals surface area (Å²) < 4.78 is 8.33. The number of methoxy groups -OCH3 is 1. The van der Waals surface area contributed by atoms with Crippen molar-refractivity contribution < 1.29 is 4.74 Å². The lowest BCUT2D eigenvalue weighted by Crippen LogP contribution is -2.33. The van der Waals surface area contributed by atoms with Gasteiger partial charge in [-0.25, -0.2) is 0 Å². The fourth-order valence-corrected chi connectivity index (χ4v) is 3.31. The van der Waals surface area contributed by atoms with Gasteiger partial charge in [-0.05, 0) is 50.8 Å². The van der Waals surface area contributed by atoms with E-state index in [4.69, 9.17) is 17.0 Å². The largest absolute Gasteiger partial charge is 0.497 e. The van der Waals surface area contributed by atoms with Gasteiger partial charge in [0.05, 0.1) is 18.1 Å². The van der Waals surface area contributed by atoms with E-state index in [9.17, 15) is 0 Å². The number of ether oxygens (including phenoxy) is 1. The minimum Gasteiger partial charge on any atom is -0.497 e. The number of likely N-dealkylation sites (N-methyl/N-ethyl adjacent to an activating group) is 1. The molecule has 102 valence electrons.